The molecule has 1 aliphatic carbocycles. The van der Waals surface area contributed by atoms with Gasteiger partial charge in [-0.2, -0.15) is 0 Å². The Kier molecular flexibility index (Phi) is 9.22. The topological polar surface area (TPSA) is 20.2 Å². The first-order valence-electron chi connectivity index (χ1n) is 10.2. The van der Waals surface area contributed by atoms with Crippen LogP contribution in [0, 0.1) is 5.41 Å². The molecule has 23 heavy (non-hydrogen) atoms. The van der Waals surface area contributed by atoms with Gasteiger partial charge in [0.1, 0.15) is 0 Å². The van der Waals surface area contributed by atoms with E-state index in [1.165, 1.54) is 38.5 Å². The quantitative estimate of drug-likeness (QED) is 0.356. The Bertz CT molecular complexity index is 339. The molecule has 1 fully saturated rings. The van der Waals surface area contributed by atoms with Gasteiger partial charge in [-0.1, -0.05) is 0 Å². The van der Waals surface area contributed by atoms with Crippen molar-refractivity contribution in [3.63, 3.8) is 0 Å². The average Bonchev–Trinajstić information content (AvgIpc) is 2.80. The summed E-state index contributed by atoms with van der Waals surface area (Å²) in [6, 6.07) is 0. The predicted molar refractivity (Wildman–Crippen MR) is 107 cm³/mol. The van der Waals surface area contributed by atoms with Gasteiger partial charge in [0.05, 0.1) is 0 Å². The summed E-state index contributed by atoms with van der Waals surface area (Å²) in [5, 5.41) is 10.4. The van der Waals surface area contributed by atoms with Crippen molar-refractivity contribution in [2.75, 3.05) is 0 Å². The Hall–Kier alpha value is 0.499. The molecule has 0 aromatic carbocycles. The molecule has 0 aliphatic heterocycles. The molecule has 0 bridgehead atoms. The van der Waals surface area contributed by atoms with Crippen LogP contribution in [-0.2, 0) is 0 Å². The van der Waals surface area contributed by atoms with Gasteiger partial charge in [-0.3, -0.25) is 0 Å². The van der Waals surface area contributed by atoms with E-state index in [4.69, 9.17) is 0 Å². The first kappa shape index (κ1) is 21.5. The van der Waals surface area contributed by atoms with Crippen LogP contribution in [0.5, 0.6) is 0 Å². The molecule has 0 spiro atoms. The number of unbranched alkanes of at least 4 members (excludes halogenated alkanes) is 3. The fraction of sp³-hybridized carbons (Fsp3) is 0.905. The van der Waals surface area contributed by atoms with E-state index in [1.54, 1.807) is 13.3 Å². The Morgan fingerprint density at radius 3 is 1.70 bits per heavy atom. The van der Waals surface area contributed by atoms with Gasteiger partial charge < -0.3 is 0 Å². The van der Waals surface area contributed by atoms with Crippen LogP contribution in [0.4, 0.5) is 0 Å². The Morgan fingerprint density at radius 2 is 1.35 bits per heavy atom. The summed E-state index contributed by atoms with van der Waals surface area (Å²) >= 11 is -2.14. The Balaban J connectivity index is 2.89. The molecule has 0 radical (unpaired) electrons. The molecule has 1 aliphatic rings. The van der Waals surface area contributed by atoms with Crippen LogP contribution in [0.3, 0.4) is 0 Å². The second-order valence-electron chi connectivity index (χ2n) is 8.83. The summed E-state index contributed by atoms with van der Waals surface area (Å²) in [5.74, 6) is 0. The minimum absolute atomic E-state index is 0.246. The van der Waals surface area contributed by atoms with E-state index in [2.05, 4.69) is 37.9 Å². The summed E-state index contributed by atoms with van der Waals surface area (Å²) in [5.41, 5.74) is -0.191. The fourth-order valence-corrected chi connectivity index (χ4v) is 19.1. The van der Waals surface area contributed by atoms with E-state index in [0.717, 1.165) is 19.3 Å². The molecular weight excluding hydrogens is 387 g/mol. The van der Waals surface area contributed by atoms with E-state index >= 15 is 0 Å². The number of hydrogen-bond donors (Lipinski definition) is 1. The van der Waals surface area contributed by atoms with Crippen LogP contribution >= 0.6 is 0 Å². The molecule has 0 aromatic rings. The van der Waals surface area contributed by atoms with E-state index < -0.39 is 24.0 Å². The molecule has 2 heteroatoms. The second kappa shape index (κ2) is 9.85. The zero-order valence-corrected chi connectivity index (χ0v) is 19.4. The monoisotopic (exact) mass is 430 g/mol. The van der Waals surface area contributed by atoms with Crippen molar-refractivity contribution in [3.05, 3.63) is 10.2 Å². The van der Waals surface area contributed by atoms with Gasteiger partial charge in [0.2, 0.25) is 0 Å². The zero-order valence-electron chi connectivity index (χ0n) is 16.6. The van der Waals surface area contributed by atoms with E-state index in [-0.39, 0.29) is 5.41 Å². The maximum absolute atomic E-state index is 10.4. The van der Waals surface area contributed by atoms with Crippen LogP contribution in [0.2, 0.25) is 13.3 Å². The standard InChI is InChI=1S/C9H15O.3C4H9.Sn/c1-4-8(2)5-6-9(3,10)7-8;3*1-3-4-2;/h1,4,10H,5-7H2,2-3H3;3*1,3-4H2,2H3;/t8-,9+;;;;/m0..../s1. The average molecular weight is 429 g/mol. The molecular formula is C21H42OSn. The molecule has 0 amide bonds. The molecule has 0 saturated heterocycles. The zero-order chi connectivity index (χ0) is 17.4. The summed E-state index contributed by atoms with van der Waals surface area (Å²) < 4.78 is 7.45. The van der Waals surface area contributed by atoms with Gasteiger partial charge >= 0.3 is 150 Å². The van der Waals surface area contributed by atoms with E-state index in [1.807, 2.05) is 6.92 Å². The van der Waals surface area contributed by atoms with Gasteiger partial charge in [-0.15, -0.1) is 0 Å². The molecule has 0 aromatic heterocycles. The van der Waals surface area contributed by atoms with Crippen LogP contribution in [0.25, 0.3) is 0 Å². The molecule has 1 rings (SSSR count). The first-order chi connectivity index (χ1) is 10.8. The van der Waals surface area contributed by atoms with Crippen molar-refractivity contribution in [2.45, 2.75) is 111 Å². The first-order valence-corrected chi connectivity index (χ1v) is 17.9. The summed E-state index contributed by atoms with van der Waals surface area (Å²) in [7, 11) is 0. The van der Waals surface area contributed by atoms with Crippen molar-refractivity contribution in [1.29, 1.82) is 0 Å². The summed E-state index contributed by atoms with van der Waals surface area (Å²) in [6.07, 6.45) is 14.0. The van der Waals surface area contributed by atoms with Gasteiger partial charge in [-0.05, 0) is 0 Å². The Labute approximate surface area is 150 Å². The molecule has 0 heterocycles. The SMILES string of the molecule is CCC[CH2][Sn](/[CH]=C/[C@@]1(C)CC[C@@](C)(O)C1)([CH2]CCC)[CH2]CCC. The molecule has 2 atom stereocenters. The van der Waals surface area contributed by atoms with Crippen molar-refractivity contribution < 1.29 is 5.11 Å². The van der Waals surface area contributed by atoms with Crippen molar-refractivity contribution >= 4 is 18.4 Å². The minimum atomic E-state index is -2.14. The third-order valence-corrected chi connectivity index (χ3v) is 20.0. The van der Waals surface area contributed by atoms with Crippen LogP contribution in [-0.4, -0.2) is 29.1 Å². The number of aliphatic hydroxyl groups is 1. The molecule has 1 nitrogen and oxygen atoms in total. The number of allylic oxidation sites excluding steroid dienone is 1. The third-order valence-electron chi connectivity index (χ3n) is 5.94. The normalized spacial score (nSPS) is 28.8. The predicted octanol–water partition coefficient (Wildman–Crippen LogP) is 6.87. The number of hydrogen-bond acceptors (Lipinski definition) is 1. The Morgan fingerprint density at radius 1 is 0.870 bits per heavy atom. The molecule has 1 N–H and O–H groups in total. The van der Waals surface area contributed by atoms with Crippen molar-refractivity contribution in [3.8, 4) is 0 Å². The van der Waals surface area contributed by atoms with E-state index in [9.17, 15) is 5.11 Å². The molecule has 136 valence electrons. The van der Waals surface area contributed by atoms with Gasteiger partial charge in [-0.25, -0.2) is 0 Å². The van der Waals surface area contributed by atoms with Crippen molar-refractivity contribution in [1.82, 2.24) is 0 Å². The van der Waals surface area contributed by atoms with Crippen molar-refractivity contribution in [2.24, 2.45) is 5.41 Å². The molecule has 0 unspecified atom stereocenters. The second-order valence-corrected chi connectivity index (χ2v) is 21.8. The summed E-state index contributed by atoms with van der Waals surface area (Å²) in [4.78, 5) is 0. The maximum atomic E-state index is 10.4. The van der Waals surface area contributed by atoms with E-state index in [0.29, 0.717) is 0 Å². The van der Waals surface area contributed by atoms with Gasteiger partial charge in [0, 0.05) is 0 Å². The third kappa shape index (κ3) is 7.50. The molecule has 1 saturated carbocycles. The van der Waals surface area contributed by atoms with Crippen LogP contribution < -0.4 is 0 Å². The number of rotatable bonds is 11. The van der Waals surface area contributed by atoms with Crippen LogP contribution in [0.1, 0.15) is 92.4 Å². The van der Waals surface area contributed by atoms with Gasteiger partial charge in [0.25, 0.3) is 0 Å². The fourth-order valence-electron chi connectivity index (χ4n) is 4.33. The van der Waals surface area contributed by atoms with Crippen LogP contribution in [0.15, 0.2) is 10.2 Å². The van der Waals surface area contributed by atoms with Gasteiger partial charge in [0.15, 0.2) is 0 Å². The summed E-state index contributed by atoms with van der Waals surface area (Å²) in [6.45, 7) is 11.4.